The lowest BCUT2D eigenvalue weighted by Gasteiger charge is -2.27. The van der Waals surface area contributed by atoms with Crippen LogP contribution in [-0.2, 0) is 11.3 Å². The van der Waals surface area contributed by atoms with E-state index in [2.05, 4.69) is 34.6 Å². The Morgan fingerprint density at radius 1 is 1.29 bits per heavy atom. The normalized spacial score (nSPS) is 12.2. The van der Waals surface area contributed by atoms with Gasteiger partial charge in [-0.25, -0.2) is 9.79 Å². The molecule has 0 fully saturated rings. The summed E-state index contributed by atoms with van der Waals surface area (Å²) < 4.78 is 10.8. The molecule has 1 aromatic heterocycles. The monoisotopic (exact) mass is 395 g/mol. The predicted molar refractivity (Wildman–Crippen MR) is 112 cm³/mol. The first-order valence-electron chi connectivity index (χ1n) is 10.1. The van der Waals surface area contributed by atoms with E-state index in [0.29, 0.717) is 38.1 Å². The minimum Gasteiger partial charge on any atom is -0.444 e. The zero-order valence-corrected chi connectivity index (χ0v) is 18.5. The Balaban J connectivity index is 2.60. The molecule has 0 aliphatic rings. The van der Waals surface area contributed by atoms with Crippen molar-refractivity contribution in [3.8, 4) is 0 Å². The highest BCUT2D eigenvalue weighted by molar-refractivity contribution is 5.79. The van der Waals surface area contributed by atoms with Crippen molar-refractivity contribution in [2.24, 2.45) is 4.99 Å². The Hall–Kier alpha value is -2.25. The molecule has 1 rings (SSSR count). The molecule has 8 heteroatoms. The van der Waals surface area contributed by atoms with Gasteiger partial charge in [-0.15, -0.1) is 0 Å². The number of amides is 1. The van der Waals surface area contributed by atoms with Gasteiger partial charge in [0.2, 0.25) is 0 Å². The van der Waals surface area contributed by atoms with Gasteiger partial charge in [0.25, 0.3) is 0 Å². The fourth-order valence-corrected chi connectivity index (χ4v) is 2.37. The summed E-state index contributed by atoms with van der Waals surface area (Å²) in [6.45, 7) is 16.7. The Bertz CT molecular complexity index is 620. The second-order valence-corrected chi connectivity index (χ2v) is 7.96. The molecule has 8 nitrogen and oxygen atoms in total. The van der Waals surface area contributed by atoms with Crippen molar-refractivity contribution < 1.29 is 14.1 Å². The molecule has 0 atom stereocenters. The maximum Gasteiger partial charge on any atom is 0.410 e. The molecule has 0 radical (unpaired) electrons. The molecule has 2 N–H and O–H groups in total. The lowest BCUT2D eigenvalue weighted by atomic mass is 10.1. The standard InChI is InChI=1S/C20H37N5O3/c1-8-11-25(19(26)27-20(5,6)7)12-10-22-18(21-9-2)23-14-16-13-17(15(3)4)24-28-16/h13,15H,8-12,14H2,1-7H3,(H2,21,22,23). The van der Waals surface area contributed by atoms with Crippen LogP contribution in [0.15, 0.2) is 15.6 Å². The fraction of sp³-hybridized carbons (Fsp3) is 0.750. The summed E-state index contributed by atoms with van der Waals surface area (Å²) in [6.07, 6.45) is 0.581. The van der Waals surface area contributed by atoms with Crippen molar-refractivity contribution in [3.05, 3.63) is 17.5 Å². The van der Waals surface area contributed by atoms with Crippen molar-refractivity contribution in [2.45, 2.75) is 73.0 Å². The van der Waals surface area contributed by atoms with Crippen LogP contribution in [0.4, 0.5) is 4.79 Å². The van der Waals surface area contributed by atoms with Crippen molar-refractivity contribution in [3.63, 3.8) is 0 Å². The minimum atomic E-state index is -0.501. The molecule has 1 heterocycles. The molecular formula is C20H37N5O3. The smallest absolute Gasteiger partial charge is 0.410 e. The molecule has 0 aliphatic carbocycles. The zero-order chi connectivity index (χ0) is 21.2. The SMILES string of the molecule is CCCN(CCNC(=NCc1cc(C(C)C)no1)NCC)C(=O)OC(C)(C)C. The molecule has 28 heavy (non-hydrogen) atoms. The lowest BCUT2D eigenvalue weighted by Crippen LogP contribution is -2.44. The molecule has 0 aromatic carbocycles. The van der Waals surface area contributed by atoms with Gasteiger partial charge in [-0.1, -0.05) is 25.9 Å². The van der Waals surface area contributed by atoms with Gasteiger partial charge >= 0.3 is 6.09 Å². The van der Waals surface area contributed by atoms with E-state index in [0.717, 1.165) is 24.4 Å². The fourth-order valence-electron chi connectivity index (χ4n) is 2.37. The first kappa shape index (κ1) is 23.8. The van der Waals surface area contributed by atoms with E-state index >= 15 is 0 Å². The van der Waals surface area contributed by atoms with E-state index in [4.69, 9.17) is 9.26 Å². The summed E-state index contributed by atoms with van der Waals surface area (Å²) in [5, 5.41) is 10.5. The Kier molecular flexibility index (Phi) is 9.82. The number of hydrogen-bond acceptors (Lipinski definition) is 5. The van der Waals surface area contributed by atoms with Crippen molar-refractivity contribution in [1.29, 1.82) is 0 Å². The highest BCUT2D eigenvalue weighted by Crippen LogP contribution is 2.14. The number of nitrogens with zero attached hydrogens (tertiary/aromatic N) is 3. The average molecular weight is 396 g/mol. The van der Waals surface area contributed by atoms with Crippen LogP contribution < -0.4 is 10.6 Å². The maximum absolute atomic E-state index is 12.3. The van der Waals surface area contributed by atoms with E-state index in [-0.39, 0.29) is 6.09 Å². The Labute approximate surface area is 169 Å². The number of aliphatic imine (C=N–C) groups is 1. The third-order valence-electron chi connectivity index (χ3n) is 3.73. The summed E-state index contributed by atoms with van der Waals surface area (Å²) in [6, 6.07) is 1.93. The van der Waals surface area contributed by atoms with Crippen LogP contribution in [0.3, 0.4) is 0 Å². The zero-order valence-electron chi connectivity index (χ0n) is 18.5. The van der Waals surface area contributed by atoms with Crippen molar-refractivity contribution in [1.82, 2.24) is 20.7 Å². The number of hydrogen-bond donors (Lipinski definition) is 2. The van der Waals surface area contributed by atoms with E-state index in [1.807, 2.05) is 40.7 Å². The van der Waals surface area contributed by atoms with Crippen molar-refractivity contribution in [2.75, 3.05) is 26.2 Å². The van der Waals surface area contributed by atoms with Crippen LogP contribution >= 0.6 is 0 Å². The quantitative estimate of drug-likeness (QED) is 0.491. The summed E-state index contributed by atoms with van der Waals surface area (Å²) in [7, 11) is 0. The number of carbonyl (C=O) groups is 1. The van der Waals surface area contributed by atoms with Gasteiger partial charge in [0.15, 0.2) is 11.7 Å². The van der Waals surface area contributed by atoms with Gasteiger partial charge in [-0.3, -0.25) is 0 Å². The number of carbonyl (C=O) groups excluding carboxylic acids is 1. The highest BCUT2D eigenvalue weighted by atomic mass is 16.6. The number of aromatic nitrogens is 1. The van der Waals surface area contributed by atoms with Crippen LogP contribution in [-0.4, -0.2) is 53.9 Å². The van der Waals surface area contributed by atoms with Crippen LogP contribution in [0.1, 0.15) is 72.3 Å². The molecule has 160 valence electrons. The molecule has 0 unspecified atom stereocenters. The first-order valence-corrected chi connectivity index (χ1v) is 10.1. The molecule has 1 aromatic rings. The third-order valence-corrected chi connectivity index (χ3v) is 3.73. The van der Waals surface area contributed by atoms with Gasteiger partial charge in [-0.2, -0.15) is 0 Å². The van der Waals surface area contributed by atoms with E-state index in [9.17, 15) is 4.79 Å². The van der Waals surface area contributed by atoms with Gasteiger partial charge < -0.3 is 24.8 Å². The number of nitrogens with one attached hydrogen (secondary N) is 2. The topological polar surface area (TPSA) is 92.0 Å². The van der Waals surface area contributed by atoms with Crippen molar-refractivity contribution >= 4 is 12.1 Å². The Morgan fingerprint density at radius 3 is 2.54 bits per heavy atom. The minimum absolute atomic E-state index is 0.291. The van der Waals surface area contributed by atoms with E-state index < -0.39 is 5.60 Å². The van der Waals surface area contributed by atoms with Gasteiger partial charge in [0.05, 0.1) is 5.69 Å². The Morgan fingerprint density at radius 2 is 2.00 bits per heavy atom. The summed E-state index contributed by atoms with van der Waals surface area (Å²) in [5.41, 5.74) is 0.425. The van der Waals surface area contributed by atoms with Crippen LogP contribution in [0, 0.1) is 0 Å². The van der Waals surface area contributed by atoms with E-state index in [1.165, 1.54) is 0 Å². The summed E-state index contributed by atoms with van der Waals surface area (Å²) in [4.78, 5) is 18.6. The maximum atomic E-state index is 12.3. The average Bonchev–Trinajstić information content (AvgIpc) is 3.06. The van der Waals surface area contributed by atoms with Crippen LogP contribution in [0.2, 0.25) is 0 Å². The highest BCUT2D eigenvalue weighted by Gasteiger charge is 2.21. The van der Waals surface area contributed by atoms with Gasteiger partial charge in [-0.05, 0) is 40.0 Å². The third kappa shape index (κ3) is 9.10. The molecule has 0 saturated carbocycles. The second kappa shape index (κ2) is 11.6. The molecule has 0 aliphatic heterocycles. The second-order valence-electron chi connectivity index (χ2n) is 7.96. The van der Waals surface area contributed by atoms with E-state index in [1.54, 1.807) is 4.90 Å². The molecule has 0 saturated heterocycles. The van der Waals surface area contributed by atoms with Gasteiger partial charge in [0, 0.05) is 32.2 Å². The van der Waals surface area contributed by atoms with Gasteiger partial charge in [0.1, 0.15) is 12.1 Å². The molecule has 1 amide bonds. The summed E-state index contributed by atoms with van der Waals surface area (Å²) >= 11 is 0. The van der Waals surface area contributed by atoms with Crippen LogP contribution in [0.25, 0.3) is 0 Å². The summed E-state index contributed by atoms with van der Waals surface area (Å²) in [5.74, 6) is 1.72. The molecular weight excluding hydrogens is 358 g/mol. The first-order chi connectivity index (χ1) is 13.2. The molecule has 0 spiro atoms. The molecule has 0 bridgehead atoms. The largest absolute Gasteiger partial charge is 0.444 e. The van der Waals surface area contributed by atoms with Crippen LogP contribution in [0.5, 0.6) is 0 Å². The predicted octanol–water partition coefficient (Wildman–Crippen LogP) is 3.50. The number of rotatable bonds is 9. The number of ether oxygens (including phenoxy) is 1. The lowest BCUT2D eigenvalue weighted by molar-refractivity contribution is 0.0253. The number of guanidine groups is 1.